The van der Waals surface area contributed by atoms with Gasteiger partial charge in [0.15, 0.2) is 0 Å². The summed E-state index contributed by atoms with van der Waals surface area (Å²) in [5, 5.41) is 12.1. The Hall–Kier alpha value is -1.06. The second-order valence-corrected chi connectivity index (χ2v) is 6.27. The van der Waals surface area contributed by atoms with Crippen LogP contribution in [0, 0.1) is 5.41 Å². The molecule has 0 aliphatic heterocycles. The van der Waals surface area contributed by atoms with E-state index >= 15 is 0 Å². The van der Waals surface area contributed by atoms with Crippen molar-refractivity contribution >= 4 is 11.9 Å². The largest absolute Gasteiger partial charge is 0.481 e. The first-order valence-corrected chi connectivity index (χ1v) is 7.37. The van der Waals surface area contributed by atoms with Gasteiger partial charge in [-0.25, -0.2) is 0 Å². The van der Waals surface area contributed by atoms with Crippen LogP contribution in [0.2, 0.25) is 0 Å². The Morgan fingerprint density at radius 3 is 2.11 bits per heavy atom. The lowest BCUT2D eigenvalue weighted by molar-refractivity contribution is -0.140. The zero-order valence-corrected chi connectivity index (χ0v) is 12.4. The summed E-state index contributed by atoms with van der Waals surface area (Å²) in [6, 6.07) is 0. The van der Waals surface area contributed by atoms with Crippen molar-refractivity contribution in [1.82, 2.24) is 5.32 Å². The van der Waals surface area contributed by atoms with E-state index in [1.807, 2.05) is 6.92 Å². The summed E-state index contributed by atoms with van der Waals surface area (Å²) in [6.45, 7) is 6.17. The van der Waals surface area contributed by atoms with Gasteiger partial charge in [-0.15, -0.1) is 0 Å². The quantitative estimate of drug-likeness (QED) is 0.746. The number of amides is 1. The first-order valence-electron chi connectivity index (χ1n) is 7.37. The molecule has 0 radical (unpaired) electrons. The Balaban J connectivity index is 2.64. The maximum Gasteiger partial charge on any atom is 0.303 e. The maximum atomic E-state index is 12.2. The van der Waals surface area contributed by atoms with E-state index in [4.69, 9.17) is 5.11 Å². The van der Waals surface area contributed by atoms with E-state index in [-0.39, 0.29) is 23.3 Å². The summed E-state index contributed by atoms with van der Waals surface area (Å²) in [5.74, 6) is -0.780. The van der Waals surface area contributed by atoms with Gasteiger partial charge in [0, 0.05) is 12.0 Å². The highest BCUT2D eigenvalue weighted by molar-refractivity contribution is 5.78. The zero-order valence-electron chi connectivity index (χ0n) is 12.4. The number of hydrogen-bond acceptors (Lipinski definition) is 2. The van der Waals surface area contributed by atoms with E-state index in [0.717, 1.165) is 38.5 Å². The van der Waals surface area contributed by atoms with Gasteiger partial charge in [0.1, 0.15) is 0 Å². The first kappa shape index (κ1) is 16.0. The molecule has 2 N–H and O–H groups in total. The van der Waals surface area contributed by atoms with Crippen molar-refractivity contribution in [3.8, 4) is 0 Å². The molecule has 0 heterocycles. The molecule has 0 aromatic carbocycles. The van der Waals surface area contributed by atoms with Crippen LogP contribution in [0.5, 0.6) is 0 Å². The predicted molar refractivity (Wildman–Crippen MR) is 74.9 cm³/mol. The van der Waals surface area contributed by atoms with Crippen molar-refractivity contribution < 1.29 is 14.7 Å². The Morgan fingerprint density at radius 2 is 1.68 bits per heavy atom. The highest BCUT2D eigenvalue weighted by Crippen LogP contribution is 2.44. The van der Waals surface area contributed by atoms with E-state index in [9.17, 15) is 9.59 Å². The monoisotopic (exact) mass is 269 g/mol. The summed E-state index contributed by atoms with van der Waals surface area (Å²) in [5.41, 5.74) is -0.474. The molecule has 4 nitrogen and oxygen atoms in total. The third-order valence-corrected chi connectivity index (χ3v) is 4.73. The van der Waals surface area contributed by atoms with Crippen molar-refractivity contribution in [3.05, 3.63) is 0 Å². The summed E-state index contributed by atoms with van der Waals surface area (Å²) in [4.78, 5) is 23.2. The smallest absolute Gasteiger partial charge is 0.303 e. The van der Waals surface area contributed by atoms with Gasteiger partial charge in [0.2, 0.25) is 5.91 Å². The van der Waals surface area contributed by atoms with Crippen molar-refractivity contribution in [2.24, 2.45) is 5.41 Å². The lowest BCUT2D eigenvalue weighted by Crippen LogP contribution is -2.46. The number of carboxylic acids is 1. The van der Waals surface area contributed by atoms with Gasteiger partial charge in [0.05, 0.1) is 6.42 Å². The molecule has 1 saturated carbocycles. The molecule has 4 heteroatoms. The average Bonchev–Trinajstić information content (AvgIpc) is 2.75. The molecule has 0 unspecified atom stereocenters. The molecule has 0 aromatic rings. The molecule has 0 bridgehead atoms. The van der Waals surface area contributed by atoms with Crippen LogP contribution in [0.3, 0.4) is 0 Å². The summed E-state index contributed by atoms with van der Waals surface area (Å²) in [7, 11) is 0. The standard InChI is InChI=1S/C15H27NO3/c1-4-14(3,5-2)16-12(17)10-15(11-13(18)19)8-6-7-9-15/h4-11H2,1-3H3,(H,16,17)(H,18,19). The molecule has 1 aliphatic carbocycles. The van der Waals surface area contributed by atoms with E-state index in [2.05, 4.69) is 19.2 Å². The lowest BCUT2D eigenvalue weighted by atomic mass is 9.79. The van der Waals surface area contributed by atoms with Gasteiger partial charge in [-0.2, -0.15) is 0 Å². The third-order valence-electron chi connectivity index (χ3n) is 4.73. The summed E-state index contributed by atoms with van der Waals surface area (Å²) < 4.78 is 0. The predicted octanol–water partition coefficient (Wildman–Crippen LogP) is 3.11. The fourth-order valence-electron chi connectivity index (χ4n) is 3.01. The van der Waals surface area contributed by atoms with E-state index < -0.39 is 5.97 Å². The van der Waals surface area contributed by atoms with Gasteiger partial charge in [-0.1, -0.05) is 26.7 Å². The Kier molecular flexibility index (Phi) is 5.39. The van der Waals surface area contributed by atoms with Crippen LogP contribution in [0.1, 0.15) is 72.1 Å². The molecule has 110 valence electrons. The maximum absolute atomic E-state index is 12.2. The molecule has 0 aromatic heterocycles. The summed E-state index contributed by atoms with van der Waals surface area (Å²) in [6.07, 6.45) is 6.06. The Labute approximate surface area is 116 Å². The molecular weight excluding hydrogens is 242 g/mol. The number of rotatable bonds is 7. The van der Waals surface area contributed by atoms with E-state index in [0.29, 0.717) is 6.42 Å². The van der Waals surface area contributed by atoms with Crippen LogP contribution in [0.15, 0.2) is 0 Å². The van der Waals surface area contributed by atoms with Crippen molar-refractivity contribution in [3.63, 3.8) is 0 Å². The van der Waals surface area contributed by atoms with Crippen molar-refractivity contribution in [2.45, 2.75) is 77.7 Å². The number of hydrogen-bond donors (Lipinski definition) is 2. The molecule has 0 saturated heterocycles. The molecule has 1 rings (SSSR count). The Morgan fingerprint density at radius 1 is 1.16 bits per heavy atom. The molecule has 0 spiro atoms. The number of aliphatic carboxylic acids is 1. The number of carbonyl (C=O) groups is 2. The van der Waals surface area contributed by atoms with Gasteiger partial charge in [-0.3, -0.25) is 9.59 Å². The SMILES string of the molecule is CCC(C)(CC)NC(=O)CC1(CC(=O)O)CCCC1. The minimum absolute atomic E-state index is 0.00866. The van der Waals surface area contributed by atoms with Crippen molar-refractivity contribution in [2.75, 3.05) is 0 Å². The van der Waals surface area contributed by atoms with Gasteiger partial charge in [0.25, 0.3) is 0 Å². The zero-order chi connectivity index (χ0) is 14.5. The second kappa shape index (κ2) is 6.40. The lowest BCUT2D eigenvalue weighted by Gasteiger charge is -2.32. The third kappa shape index (κ3) is 4.51. The average molecular weight is 269 g/mol. The van der Waals surface area contributed by atoms with E-state index in [1.54, 1.807) is 0 Å². The minimum atomic E-state index is -0.788. The number of carbonyl (C=O) groups excluding carboxylic acids is 1. The first-order chi connectivity index (χ1) is 8.85. The normalized spacial score (nSPS) is 18.3. The van der Waals surface area contributed by atoms with Crippen LogP contribution in [0.4, 0.5) is 0 Å². The summed E-state index contributed by atoms with van der Waals surface area (Å²) >= 11 is 0. The highest BCUT2D eigenvalue weighted by atomic mass is 16.4. The highest BCUT2D eigenvalue weighted by Gasteiger charge is 2.38. The molecule has 19 heavy (non-hydrogen) atoms. The molecule has 1 aliphatic rings. The second-order valence-electron chi connectivity index (χ2n) is 6.27. The topological polar surface area (TPSA) is 66.4 Å². The van der Waals surface area contributed by atoms with E-state index in [1.165, 1.54) is 0 Å². The molecule has 1 fully saturated rings. The van der Waals surface area contributed by atoms with Crippen molar-refractivity contribution in [1.29, 1.82) is 0 Å². The Bertz CT molecular complexity index is 328. The van der Waals surface area contributed by atoms with Gasteiger partial charge in [-0.05, 0) is 38.0 Å². The fourth-order valence-corrected chi connectivity index (χ4v) is 3.01. The van der Waals surface area contributed by atoms with Crippen LogP contribution in [-0.2, 0) is 9.59 Å². The van der Waals surface area contributed by atoms with Gasteiger partial charge >= 0.3 is 5.97 Å². The van der Waals surface area contributed by atoms with Crippen LogP contribution < -0.4 is 5.32 Å². The van der Waals surface area contributed by atoms with Crippen LogP contribution in [-0.4, -0.2) is 22.5 Å². The number of carboxylic acid groups (broad SMARTS) is 1. The number of nitrogens with one attached hydrogen (secondary N) is 1. The molecule has 0 atom stereocenters. The minimum Gasteiger partial charge on any atom is -0.481 e. The van der Waals surface area contributed by atoms with Crippen LogP contribution in [0.25, 0.3) is 0 Å². The fraction of sp³-hybridized carbons (Fsp3) is 0.867. The van der Waals surface area contributed by atoms with Gasteiger partial charge < -0.3 is 10.4 Å². The molecule has 1 amide bonds. The molecular formula is C15H27NO3. The van der Waals surface area contributed by atoms with Crippen LogP contribution >= 0.6 is 0 Å².